The smallest absolute Gasteiger partial charge is 0.326 e. The normalized spacial score (nSPS) is 16.8. The van der Waals surface area contributed by atoms with Crippen molar-refractivity contribution in [3.05, 3.63) is 44.9 Å². The quantitative estimate of drug-likeness (QED) is 0.482. The van der Waals surface area contributed by atoms with Crippen LogP contribution in [0.5, 0.6) is 0 Å². The minimum absolute atomic E-state index is 0.0552. The number of hydrogen-bond donors (Lipinski definition) is 2. The zero-order valence-electron chi connectivity index (χ0n) is 15.3. The summed E-state index contributed by atoms with van der Waals surface area (Å²) in [6.07, 6.45) is -0.0923. The number of thiocarbonyl (C=S) groups is 1. The van der Waals surface area contributed by atoms with Gasteiger partial charge < -0.3 is 10.2 Å². The molecule has 1 fully saturated rings. The summed E-state index contributed by atoms with van der Waals surface area (Å²) in [5, 5.41) is 5.49. The summed E-state index contributed by atoms with van der Waals surface area (Å²) in [7, 11) is 1.62. The van der Waals surface area contributed by atoms with Gasteiger partial charge in [0.05, 0.1) is 6.42 Å². The van der Waals surface area contributed by atoms with Crippen LogP contribution in [0.3, 0.4) is 0 Å². The predicted molar refractivity (Wildman–Crippen MR) is 107 cm³/mol. The number of benzene rings is 1. The average molecular weight is 469 g/mol. The third-order valence-electron chi connectivity index (χ3n) is 4.46. The SMILES string of the molecule is CCN1C(=O)C(CC(=O)Nc2ccc(Br)cc2)N(Cc2c(=O)o[nH][n+]2C)C1=S. The third-order valence-corrected chi connectivity index (χ3v) is 5.45. The van der Waals surface area contributed by atoms with Gasteiger partial charge in [-0.25, -0.2) is 4.79 Å². The van der Waals surface area contributed by atoms with Crippen molar-refractivity contribution < 1.29 is 18.8 Å². The number of carbonyl (C=O) groups is 2. The number of aromatic nitrogens is 2. The number of H-pyrrole nitrogens is 1. The van der Waals surface area contributed by atoms with E-state index in [1.807, 2.05) is 12.1 Å². The molecule has 0 aliphatic carbocycles. The molecule has 28 heavy (non-hydrogen) atoms. The van der Waals surface area contributed by atoms with Gasteiger partial charge in [-0.1, -0.05) is 20.6 Å². The Balaban J connectivity index is 1.80. The predicted octanol–water partition coefficient (Wildman–Crippen LogP) is 0.901. The highest BCUT2D eigenvalue weighted by molar-refractivity contribution is 9.10. The van der Waals surface area contributed by atoms with Crippen LogP contribution in [0.25, 0.3) is 0 Å². The number of aryl methyl sites for hydroxylation is 1. The molecular weight excluding hydrogens is 450 g/mol. The number of rotatable bonds is 6. The lowest BCUT2D eigenvalue weighted by molar-refractivity contribution is -0.746. The van der Waals surface area contributed by atoms with Gasteiger partial charge in [0.2, 0.25) is 5.91 Å². The van der Waals surface area contributed by atoms with Gasteiger partial charge >= 0.3 is 11.3 Å². The molecule has 1 atom stereocenters. The maximum atomic E-state index is 12.8. The number of nitrogens with one attached hydrogen (secondary N) is 2. The molecule has 0 spiro atoms. The second-order valence-corrected chi connectivity index (χ2v) is 7.54. The van der Waals surface area contributed by atoms with E-state index < -0.39 is 11.7 Å². The standard InChI is InChI=1S/C17H18BrN5O4S/c1-3-22-15(25)12(8-14(24)19-11-6-4-10(18)5-7-11)23(17(22)28)9-13-16(26)27-20-21(13)2/h4-7,12H,3,8-9H2,1-2H3,(H-,19,20,24,26)/p+1. The molecular formula is C17H19BrN5O4S+. The van der Waals surface area contributed by atoms with E-state index in [1.54, 1.807) is 31.0 Å². The molecule has 1 aromatic heterocycles. The van der Waals surface area contributed by atoms with E-state index >= 15 is 0 Å². The van der Waals surface area contributed by atoms with Crippen LogP contribution in [0, 0.1) is 0 Å². The molecule has 11 heteroatoms. The van der Waals surface area contributed by atoms with Crippen molar-refractivity contribution in [1.29, 1.82) is 0 Å². The number of amides is 2. The van der Waals surface area contributed by atoms with E-state index in [0.29, 0.717) is 17.9 Å². The molecule has 1 saturated heterocycles. The maximum absolute atomic E-state index is 12.8. The van der Waals surface area contributed by atoms with Crippen LogP contribution in [0.2, 0.25) is 0 Å². The Morgan fingerprint density at radius 1 is 1.36 bits per heavy atom. The largest absolute Gasteiger partial charge is 0.431 e. The monoisotopic (exact) mass is 468 g/mol. The molecule has 2 heterocycles. The number of halogens is 1. The Morgan fingerprint density at radius 3 is 2.61 bits per heavy atom. The van der Waals surface area contributed by atoms with Crippen LogP contribution in [-0.4, -0.2) is 44.6 Å². The van der Waals surface area contributed by atoms with Gasteiger partial charge in [0.15, 0.2) is 12.2 Å². The third kappa shape index (κ3) is 3.99. The molecule has 2 N–H and O–H groups in total. The van der Waals surface area contributed by atoms with Crippen molar-refractivity contribution in [3.63, 3.8) is 0 Å². The lowest BCUT2D eigenvalue weighted by Gasteiger charge is -2.21. The van der Waals surface area contributed by atoms with E-state index in [4.69, 9.17) is 16.7 Å². The van der Waals surface area contributed by atoms with E-state index in [1.165, 1.54) is 9.58 Å². The first kappa shape index (κ1) is 20.2. The van der Waals surface area contributed by atoms with Gasteiger partial charge in [-0.15, -0.1) is 0 Å². The summed E-state index contributed by atoms with van der Waals surface area (Å²) < 4.78 is 7.07. The number of nitrogens with zero attached hydrogens (tertiary/aromatic N) is 3. The van der Waals surface area contributed by atoms with Gasteiger partial charge in [0, 0.05) is 16.7 Å². The van der Waals surface area contributed by atoms with Crippen LogP contribution < -0.4 is 15.6 Å². The van der Waals surface area contributed by atoms with E-state index in [2.05, 4.69) is 26.5 Å². The Labute approximate surface area is 174 Å². The van der Waals surface area contributed by atoms with E-state index in [0.717, 1.165) is 4.47 Å². The molecule has 0 radical (unpaired) electrons. The number of hydrogen-bond acceptors (Lipinski definition) is 5. The summed E-state index contributed by atoms with van der Waals surface area (Å²) in [5.41, 5.74) is 0.370. The number of likely N-dealkylation sites (N-methyl/N-ethyl adjacent to an activating group) is 1. The highest BCUT2D eigenvalue weighted by Crippen LogP contribution is 2.23. The number of carbonyl (C=O) groups excluding carboxylic acids is 2. The summed E-state index contributed by atoms with van der Waals surface area (Å²) in [6, 6.07) is 6.33. The summed E-state index contributed by atoms with van der Waals surface area (Å²) >= 11 is 8.75. The Kier molecular flexibility index (Phi) is 5.94. The minimum Gasteiger partial charge on any atom is -0.326 e. The zero-order valence-corrected chi connectivity index (χ0v) is 17.7. The van der Waals surface area contributed by atoms with Gasteiger partial charge in [-0.05, 0) is 48.7 Å². The van der Waals surface area contributed by atoms with Crippen LogP contribution in [0.1, 0.15) is 19.0 Å². The molecule has 9 nitrogen and oxygen atoms in total. The van der Waals surface area contributed by atoms with Gasteiger partial charge in [-0.2, -0.15) is 0 Å². The van der Waals surface area contributed by atoms with E-state index in [9.17, 15) is 14.4 Å². The van der Waals surface area contributed by atoms with Crippen molar-refractivity contribution in [2.45, 2.75) is 25.9 Å². The zero-order chi connectivity index (χ0) is 20.4. The molecule has 2 amide bonds. The second kappa shape index (κ2) is 8.23. The Hall–Kier alpha value is -2.53. The molecule has 1 unspecified atom stereocenters. The van der Waals surface area contributed by atoms with Crippen LogP contribution in [0.15, 0.2) is 38.1 Å². The highest BCUT2D eigenvalue weighted by Gasteiger charge is 2.44. The highest BCUT2D eigenvalue weighted by atomic mass is 79.9. The first-order chi connectivity index (χ1) is 13.3. The molecule has 2 aromatic rings. The van der Waals surface area contributed by atoms with Crippen molar-refractivity contribution >= 4 is 50.8 Å². The topological polar surface area (TPSA) is 103 Å². The molecule has 1 aliphatic rings. The first-order valence-electron chi connectivity index (χ1n) is 8.55. The fourth-order valence-electron chi connectivity index (χ4n) is 2.98. The van der Waals surface area contributed by atoms with Crippen LogP contribution in [0.4, 0.5) is 5.69 Å². The van der Waals surface area contributed by atoms with E-state index in [-0.39, 0.29) is 29.9 Å². The molecule has 148 valence electrons. The fraction of sp³-hybridized carbons (Fsp3) is 0.353. The van der Waals surface area contributed by atoms with Crippen molar-refractivity contribution in [2.75, 3.05) is 11.9 Å². The van der Waals surface area contributed by atoms with Gasteiger partial charge in [0.25, 0.3) is 5.91 Å². The summed E-state index contributed by atoms with van der Waals surface area (Å²) in [6.45, 7) is 2.24. The molecule has 3 rings (SSSR count). The number of aromatic amines is 1. The Morgan fingerprint density at radius 2 is 2.04 bits per heavy atom. The molecule has 1 aromatic carbocycles. The lowest BCUT2D eigenvalue weighted by Crippen LogP contribution is -2.44. The van der Waals surface area contributed by atoms with Crippen molar-refractivity contribution in [3.8, 4) is 0 Å². The van der Waals surface area contributed by atoms with Crippen LogP contribution in [-0.2, 0) is 23.2 Å². The molecule has 1 aliphatic heterocycles. The molecule has 0 saturated carbocycles. The maximum Gasteiger partial charge on any atom is 0.431 e. The fourth-order valence-corrected chi connectivity index (χ4v) is 3.65. The summed E-state index contributed by atoms with van der Waals surface area (Å²) in [4.78, 5) is 40.2. The second-order valence-electron chi connectivity index (χ2n) is 6.25. The first-order valence-corrected chi connectivity index (χ1v) is 9.75. The van der Waals surface area contributed by atoms with Crippen molar-refractivity contribution in [1.82, 2.24) is 15.1 Å². The average Bonchev–Trinajstić information content (AvgIpc) is 3.08. The van der Waals surface area contributed by atoms with Gasteiger partial charge in [-0.3, -0.25) is 19.0 Å². The van der Waals surface area contributed by atoms with Crippen molar-refractivity contribution in [2.24, 2.45) is 7.05 Å². The molecule has 0 bridgehead atoms. The minimum atomic E-state index is -0.794. The van der Waals surface area contributed by atoms with Crippen LogP contribution >= 0.6 is 28.1 Å². The summed E-state index contributed by atoms with van der Waals surface area (Å²) in [5.74, 6) is -0.585. The number of anilines is 1. The Bertz CT molecular complexity index is 971. The van der Waals surface area contributed by atoms with Gasteiger partial charge in [0.1, 0.15) is 12.6 Å². The lowest BCUT2D eigenvalue weighted by atomic mass is 10.1.